The van der Waals surface area contributed by atoms with Gasteiger partial charge in [0.05, 0.1) is 6.04 Å². The summed E-state index contributed by atoms with van der Waals surface area (Å²) in [4.78, 5) is 12.5. The first kappa shape index (κ1) is 24.3. The molecule has 1 amide bonds. The second-order valence-electron chi connectivity index (χ2n) is 6.79. The molecule has 1 aliphatic rings. The fraction of sp³-hybridized carbons (Fsp3) is 0.417. The van der Waals surface area contributed by atoms with Gasteiger partial charge in [0.1, 0.15) is 11.5 Å². The van der Waals surface area contributed by atoms with Crippen LogP contribution in [-0.4, -0.2) is 29.7 Å². The number of halogens is 1. The Morgan fingerprint density at radius 2 is 2.00 bits per heavy atom. The Labute approximate surface area is 174 Å². The summed E-state index contributed by atoms with van der Waals surface area (Å²) in [6, 6.07) is 10.4. The van der Waals surface area contributed by atoms with E-state index in [9.17, 15) is 9.18 Å². The average molecular weight is 400 g/mol. The normalized spacial score (nSPS) is 15.6. The molecule has 29 heavy (non-hydrogen) atoms. The van der Waals surface area contributed by atoms with E-state index in [1.807, 2.05) is 18.2 Å². The Hall–Kier alpha value is -2.69. The molecule has 0 spiro atoms. The van der Waals surface area contributed by atoms with E-state index in [1.165, 1.54) is 11.6 Å². The number of amides is 1. The molecule has 0 saturated carbocycles. The molecule has 1 heterocycles. The lowest BCUT2D eigenvalue weighted by atomic mass is 10.0. The van der Waals surface area contributed by atoms with Gasteiger partial charge in [-0.05, 0) is 30.9 Å². The average Bonchev–Trinajstić information content (AvgIpc) is 3.17. The third kappa shape index (κ3) is 8.90. The lowest BCUT2D eigenvalue weighted by molar-refractivity contribution is -0.114. The number of carbonyl (C=O) groups is 1. The van der Waals surface area contributed by atoms with E-state index in [4.69, 9.17) is 0 Å². The van der Waals surface area contributed by atoms with Crippen LogP contribution in [0.5, 0.6) is 0 Å². The molecule has 0 saturated heterocycles. The van der Waals surface area contributed by atoms with Gasteiger partial charge in [-0.15, -0.1) is 13.2 Å². The predicted octanol–water partition coefficient (Wildman–Crippen LogP) is 5.72. The summed E-state index contributed by atoms with van der Waals surface area (Å²) in [7, 11) is 0. The number of nitrogens with zero attached hydrogens (tertiary/aromatic N) is 2. The maximum Gasteiger partial charge on any atom is 0.267 e. The highest BCUT2D eigenvalue weighted by molar-refractivity contribution is 6.39. The van der Waals surface area contributed by atoms with Crippen LogP contribution in [0.2, 0.25) is 0 Å². The molecule has 1 atom stereocenters. The first-order chi connectivity index (χ1) is 14.1. The zero-order valence-corrected chi connectivity index (χ0v) is 17.6. The van der Waals surface area contributed by atoms with Crippen molar-refractivity contribution in [3.8, 4) is 0 Å². The first-order valence-electron chi connectivity index (χ1n) is 10.3. The van der Waals surface area contributed by atoms with Gasteiger partial charge in [-0.25, -0.2) is 4.39 Å². The third-order valence-corrected chi connectivity index (χ3v) is 4.56. The van der Waals surface area contributed by atoms with E-state index in [2.05, 4.69) is 54.2 Å². The van der Waals surface area contributed by atoms with Gasteiger partial charge in [0.15, 0.2) is 0 Å². The highest BCUT2D eigenvalue weighted by Crippen LogP contribution is 2.30. The SMILES string of the molecule is C=C.C=C(F)/C=C\CCCNC(=O)C1=NN(CCCCC)C(c2ccccc2)C1. The topological polar surface area (TPSA) is 44.7 Å². The molecule has 0 radical (unpaired) electrons. The number of hydrazone groups is 1. The van der Waals surface area contributed by atoms with Gasteiger partial charge in [0.25, 0.3) is 5.91 Å². The molecular formula is C24H34FN3O. The van der Waals surface area contributed by atoms with E-state index < -0.39 is 5.83 Å². The molecule has 0 bridgehead atoms. The number of rotatable bonds is 11. The van der Waals surface area contributed by atoms with Crippen molar-refractivity contribution >= 4 is 11.6 Å². The van der Waals surface area contributed by atoms with Gasteiger partial charge < -0.3 is 5.32 Å². The van der Waals surface area contributed by atoms with Gasteiger partial charge >= 0.3 is 0 Å². The van der Waals surface area contributed by atoms with Crippen LogP contribution in [0, 0.1) is 0 Å². The molecule has 0 aliphatic carbocycles. The van der Waals surface area contributed by atoms with Crippen molar-refractivity contribution < 1.29 is 9.18 Å². The fourth-order valence-electron chi connectivity index (χ4n) is 3.12. The number of hydrogen-bond donors (Lipinski definition) is 1. The largest absolute Gasteiger partial charge is 0.351 e. The van der Waals surface area contributed by atoms with Gasteiger partial charge in [0.2, 0.25) is 0 Å². The summed E-state index contributed by atoms with van der Waals surface area (Å²) in [6.45, 7) is 12.8. The van der Waals surface area contributed by atoms with Crippen LogP contribution in [0.25, 0.3) is 0 Å². The van der Waals surface area contributed by atoms with Crippen molar-refractivity contribution in [2.75, 3.05) is 13.1 Å². The van der Waals surface area contributed by atoms with E-state index >= 15 is 0 Å². The highest BCUT2D eigenvalue weighted by Gasteiger charge is 2.30. The van der Waals surface area contributed by atoms with Crippen LogP contribution in [-0.2, 0) is 4.79 Å². The fourth-order valence-corrected chi connectivity index (χ4v) is 3.12. The Balaban J connectivity index is 0.00000204. The van der Waals surface area contributed by atoms with Crippen molar-refractivity contribution in [1.82, 2.24) is 10.3 Å². The van der Waals surface area contributed by atoms with E-state index in [0.29, 0.717) is 25.1 Å². The number of unbranched alkanes of at least 4 members (excludes halogenated alkanes) is 3. The smallest absolute Gasteiger partial charge is 0.267 e. The van der Waals surface area contributed by atoms with Crippen LogP contribution in [0.3, 0.4) is 0 Å². The summed E-state index contributed by atoms with van der Waals surface area (Å²) >= 11 is 0. The quantitative estimate of drug-likeness (QED) is 0.294. The van der Waals surface area contributed by atoms with Crippen molar-refractivity contribution in [2.24, 2.45) is 5.10 Å². The monoisotopic (exact) mass is 399 g/mol. The lowest BCUT2D eigenvalue weighted by Crippen LogP contribution is -2.31. The molecule has 4 nitrogen and oxygen atoms in total. The number of hydrogen-bond acceptors (Lipinski definition) is 3. The van der Waals surface area contributed by atoms with Gasteiger partial charge in [-0.1, -0.05) is 62.8 Å². The van der Waals surface area contributed by atoms with Crippen LogP contribution in [0.4, 0.5) is 4.39 Å². The molecule has 1 aromatic rings. The summed E-state index contributed by atoms with van der Waals surface area (Å²) in [6.07, 6.45) is 8.55. The standard InChI is InChI=1S/C22H30FN3O.C2H4/c1-3-4-11-16-26-21(19-13-8-5-9-14-19)17-20(25-26)22(27)24-15-10-6-7-12-18(2)23;1-2/h5,7-9,12-14,21H,2-4,6,10-11,15-17H2,1H3,(H,24,27);1-2H2/b12-7-;. The van der Waals surface area contributed by atoms with Crippen LogP contribution in [0.15, 0.2) is 73.1 Å². The number of allylic oxidation sites excluding steroid dienone is 3. The van der Waals surface area contributed by atoms with Gasteiger partial charge in [-0.2, -0.15) is 5.10 Å². The second kappa shape index (κ2) is 14.3. The molecule has 1 aromatic carbocycles. The van der Waals surface area contributed by atoms with Crippen molar-refractivity contribution in [3.05, 3.63) is 73.6 Å². The molecule has 1 N–H and O–H groups in total. The maximum absolute atomic E-state index is 12.5. The van der Waals surface area contributed by atoms with E-state index in [0.717, 1.165) is 32.2 Å². The molecule has 5 heteroatoms. The minimum atomic E-state index is -0.450. The second-order valence-corrected chi connectivity index (χ2v) is 6.79. The van der Waals surface area contributed by atoms with Crippen LogP contribution in [0.1, 0.15) is 57.1 Å². The van der Waals surface area contributed by atoms with Crippen molar-refractivity contribution in [1.29, 1.82) is 0 Å². The minimum Gasteiger partial charge on any atom is -0.351 e. The molecule has 0 aromatic heterocycles. The zero-order valence-electron chi connectivity index (χ0n) is 17.6. The summed E-state index contributed by atoms with van der Waals surface area (Å²) in [5, 5.41) is 9.61. The molecule has 0 fully saturated rings. The summed E-state index contributed by atoms with van der Waals surface area (Å²) in [5.41, 5.74) is 1.78. The molecular weight excluding hydrogens is 365 g/mol. The Kier molecular flexibility index (Phi) is 12.0. The summed E-state index contributed by atoms with van der Waals surface area (Å²) < 4.78 is 12.5. The highest BCUT2D eigenvalue weighted by atomic mass is 19.1. The van der Waals surface area contributed by atoms with Crippen LogP contribution >= 0.6 is 0 Å². The maximum atomic E-state index is 12.5. The Bertz CT molecular complexity index is 685. The van der Waals surface area contributed by atoms with Gasteiger partial charge in [0, 0.05) is 19.5 Å². The lowest BCUT2D eigenvalue weighted by Gasteiger charge is -2.23. The number of nitrogens with one attached hydrogen (secondary N) is 1. The van der Waals surface area contributed by atoms with Crippen molar-refractivity contribution in [3.63, 3.8) is 0 Å². The molecule has 158 valence electrons. The molecule has 2 rings (SSSR count). The molecule has 1 aliphatic heterocycles. The van der Waals surface area contributed by atoms with Crippen LogP contribution < -0.4 is 5.32 Å². The Morgan fingerprint density at radius 1 is 1.28 bits per heavy atom. The Morgan fingerprint density at radius 3 is 2.66 bits per heavy atom. The van der Waals surface area contributed by atoms with E-state index in [1.54, 1.807) is 6.08 Å². The van der Waals surface area contributed by atoms with Crippen molar-refractivity contribution in [2.45, 2.75) is 51.5 Å². The zero-order chi connectivity index (χ0) is 21.5. The summed E-state index contributed by atoms with van der Waals surface area (Å²) in [5.74, 6) is -0.553. The molecule has 1 unspecified atom stereocenters. The third-order valence-electron chi connectivity index (χ3n) is 4.56. The van der Waals surface area contributed by atoms with Gasteiger partial charge in [-0.3, -0.25) is 9.80 Å². The number of benzene rings is 1. The first-order valence-corrected chi connectivity index (χ1v) is 10.3. The van der Waals surface area contributed by atoms with E-state index in [-0.39, 0.29) is 11.9 Å². The minimum absolute atomic E-state index is 0.104. The number of carbonyl (C=O) groups excluding carboxylic acids is 1. The predicted molar refractivity (Wildman–Crippen MR) is 120 cm³/mol.